The van der Waals surface area contributed by atoms with E-state index in [-0.39, 0.29) is 5.91 Å². The molecular weight excluding hydrogens is 326 g/mol. The number of hydrogen-bond donors (Lipinski definition) is 1. The van der Waals surface area contributed by atoms with E-state index in [9.17, 15) is 4.79 Å². The van der Waals surface area contributed by atoms with Gasteiger partial charge in [-0.3, -0.25) is 4.79 Å². The average molecular weight is 352 g/mol. The second-order valence-corrected chi connectivity index (χ2v) is 7.81. The molecule has 1 aromatic carbocycles. The lowest BCUT2D eigenvalue weighted by molar-refractivity contribution is 0.0921. The molecule has 0 spiro atoms. The third-order valence-corrected chi connectivity index (χ3v) is 5.44. The average Bonchev–Trinajstić information content (AvgIpc) is 2.87. The van der Waals surface area contributed by atoms with Gasteiger partial charge in [-0.2, -0.15) is 0 Å². The minimum Gasteiger partial charge on any atom is -0.351 e. The Morgan fingerprint density at radius 2 is 2.00 bits per heavy atom. The molecule has 0 saturated heterocycles. The van der Waals surface area contributed by atoms with Crippen LogP contribution in [0.3, 0.4) is 0 Å². The van der Waals surface area contributed by atoms with E-state index in [1.807, 2.05) is 25.1 Å². The molecule has 21 heavy (non-hydrogen) atoms. The third kappa shape index (κ3) is 4.32. The number of amides is 1. The molecule has 0 bridgehead atoms. The van der Waals surface area contributed by atoms with E-state index >= 15 is 0 Å². The number of benzene rings is 1. The Hall–Kier alpha value is -0.830. The van der Waals surface area contributed by atoms with Crippen LogP contribution in [0.1, 0.15) is 61.9 Å². The van der Waals surface area contributed by atoms with Crippen LogP contribution < -0.4 is 5.32 Å². The Morgan fingerprint density at radius 1 is 1.33 bits per heavy atom. The van der Waals surface area contributed by atoms with Crippen LogP contribution in [0.4, 0.5) is 0 Å². The van der Waals surface area contributed by atoms with Crippen LogP contribution in [0.15, 0.2) is 22.7 Å². The summed E-state index contributed by atoms with van der Waals surface area (Å²) in [5, 5.41) is 3.18. The van der Waals surface area contributed by atoms with E-state index < -0.39 is 0 Å². The number of carbonyl (C=O) groups excluding carboxylic acids is 1. The molecule has 0 heterocycles. The van der Waals surface area contributed by atoms with Gasteiger partial charge in [-0.25, -0.2) is 0 Å². The highest BCUT2D eigenvalue weighted by atomic mass is 79.9. The lowest BCUT2D eigenvalue weighted by Crippen LogP contribution is -2.36. The minimum atomic E-state index is 0.0561. The summed E-state index contributed by atoms with van der Waals surface area (Å²) >= 11 is 3.48. The van der Waals surface area contributed by atoms with Crippen LogP contribution in [0.25, 0.3) is 0 Å². The Balaban J connectivity index is 2.00. The maximum atomic E-state index is 12.4. The zero-order chi connectivity index (χ0) is 15.5. The molecular formula is C18H26BrNO. The lowest BCUT2D eigenvalue weighted by Gasteiger charge is -2.31. The van der Waals surface area contributed by atoms with Gasteiger partial charge in [0.1, 0.15) is 0 Å². The number of hydrogen-bond acceptors (Lipinski definition) is 1. The molecule has 2 rings (SSSR count). The second kappa shape index (κ2) is 6.95. The molecule has 1 aromatic rings. The largest absolute Gasteiger partial charge is 0.351 e. The molecule has 1 fully saturated rings. The standard InChI is InChI=1S/C18H26BrNO/c1-13(2)11-18(8-4-5-9-18)12-20-17(21)15-6-7-16(19)14(3)10-15/h6-7,10,13H,4-5,8-9,11-12H2,1-3H3,(H,20,21). The molecule has 1 N–H and O–H groups in total. The summed E-state index contributed by atoms with van der Waals surface area (Å²) in [4.78, 5) is 12.4. The first-order valence-corrected chi connectivity index (χ1v) is 8.75. The van der Waals surface area contributed by atoms with Crippen molar-refractivity contribution in [2.45, 2.75) is 52.9 Å². The predicted octanol–water partition coefficient (Wildman–Crippen LogP) is 5.09. The summed E-state index contributed by atoms with van der Waals surface area (Å²) in [5.74, 6) is 0.746. The Kier molecular flexibility index (Phi) is 5.48. The van der Waals surface area contributed by atoms with Gasteiger partial charge in [0, 0.05) is 16.6 Å². The quantitative estimate of drug-likeness (QED) is 0.785. The molecule has 116 valence electrons. The van der Waals surface area contributed by atoms with E-state index in [0.29, 0.717) is 11.3 Å². The second-order valence-electron chi connectivity index (χ2n) is 6.95. The van der Waals surface area contributed by atoms with E-state index in [1.165, 1.54) is 32.1 Å². The van der Waals surface area contributed by atoms with E-state index in [2.05, 4.69) is 35.1 Å². The molecule has 0 aliphatic heterocycles. The smallest absolute Gasteiger partial charge is 0.251 e. The normalized spacial score (nSPS) is 17.2. The van der Waals surface area contributed by atoms with Crippen molar-refractivity contribution in [2.75, 3.05) is 6.54 Å². The number of aryl methyl sites for hydroxylation is 1. The summed E-state index contributed by atoms with van der Waals surface area (Å²) in [6.07, 6.45) is 6.34. The van der Waals surface area contributed by atoms with E-state index in [0.717, 1.165) is 22.1 Å². The summed E-state index contributed by atoms with van der Waals surface area (Å²) in [6.45, 7) is 7.39. The van der Waals surface area contributed by atoms with Crippen LogP contribution in [-0.2, 0) is 0 Å². The highest BCUT2D eigenvalue weighted by Crippen LogP contribution is 2.42. The van der Waals surface area contributed by atoms with Gasteiger partial charge < -0.3 is 5.32 Å². The van der Waals surface area contributed by atoms with Gasteiger partial charge >= 0.3 is 0 Å². The number of halogens is 1. The zero-order valence-corrected chi connectivity index (χ0v) is 14.9. The van der Waals surface area contributed by atoms with Crippen molar-refractivity contribution in [1.29, 1.82) is 0 Å². The van der Waals surface area contributed by atoms with Crippen LogP contribution in [-0.4, -0.2) is 12.5 Å². The van der Waals surface area contributed by atoms with Crippen LogP contribution in [0.2, 0.25) is 0 Å². The molecule has 1 amide bonds. The number of rotatable bonds is 5. The van der Waals surface area contributed by atoms with Crippen LogP contribution in [0, 0.1) is 18.3 Å². The van der Waals surface area contributed by atoms with Crippen molar-refractivity contribution in [3.05, 3.63) is 33.8 Å². The van der Waals surface area contributed by atoms with Crippen molar-refractivity contribution >= 4 is 21.8 Å². The van der Waals surface area contributed by atoms with Gasteiger partial charge in [0.05, 0.1) is 0 Å². The lowest BCUT2D eigenvalue weighted by atomic mass is 9.78. The summed E-state index contributed by atoms with van der Waals surface area (Å²) in [5.41, 5.74) is 2.18. The molecule has 0 aromatic heterocycles. The summed E-state index contributed by atoms with van der Waals surface area (Å²) in [6, 6.07) is 5.78. The fourth-order valence-corrected chi connectivity index (χ4v) is 3.85. The van der Waals surface area contributed by atoms with E-state index in [4.69, 9.17) is 0 Å². The molecule has 1 aliphatic rings. The fraction of sp³-hybridized carbons (Fsp3) is 0.611. The maximum Gasteiger partial charge on any atom is 0.251 e. The Morgan fingerprint density at radius 3 is 2.57 bits per heavy atom. The van der Waals surface area contributed by atoms with Gasteiger partial charge in [0.25, 0.3) is 5.91 Å². The van der Waals surface area contributed by atoms with Crippen LogP contribution >= 0.6 is 15.9 Å². The van der Waals surface area contributed by atoms with Gasteiger partial charge in [-0.05, 0) is 61.3 Å². The van der Waals surface area contributed by atoms with Crippen molar-refractivity contribution in [3.8, 4) is 0 Å². The van der Waals surface area contributed by atoms with Gasteiger partial charge in [-0.15, -0.1) is 0 Å². The van der Waals surface area contributed by atoms with E-state index in [1.54, 1.807) is 0 Å². The number of carbonyl (C=O) groups is 1. The third-order valence-electron chi connectivity index (χ3n) is 4.55. The summed E-state index contributed by atoms with van der Waals surface area (Å²) < 4.78 is 1.05. The topological polar surface area (TPSA) is 29.1 Å². The van der Waals surface area contributed by atoms with Crippen molar-refractivity contribution in [3.63, 3.8) is 0 Å². The predicted molar refractivity (Wildman–Crippen MR) is 91.6 cm³/mol. The van der Waals surface area contributed by atoms with Gasteiger partial charge in [-0.1, -0.05) is 42.6 Å². The Labute approximate surface area is 136 Å². The first kappa shape index (κ1) is 16.5. The highest BCUT2D eigenvalue weighted by Gasteiger charge is 2.34. The molecule has 0 unspecified atom stereocenters. The van der Waals surface area contributed by atoms with Crippen molar-refractivity contribution < 1.29 is 4.79 Å². The first-order valence-electron chi connectivity index (χ1n) is 7.96. The highest BCUT2D eigenvalue weighted by molar-refractivity contribution is 9.10. The SMILES string of the molecule is Cc1cc(C(=O)NCC2(CC(C)C)CCCC2)ccc1Br. The van der Waals surface area contributed by atoms with Crippen molar-refractivity contribution in [1.82, 2.24) is 5.32 Å². The fourth-order valence-electron chi connectivity index (χ4n) is 3.60. The van der Waals surface area contributed by atoms with Gasteiger partial charge in [0.15, 0.2) is 0 Å². The molecule has 1 saturated carbocycles. The molecule has 1 aliphatic carbocycles. The minimum absolute atomic E-state index is 0.0561. The maximum absolute atomic E-state index is 12.4. The van der Waals surface area contributed by atoms with Crippen LogP contribution in [0.5, 0.6) is 0 Å². The molecule has 2 nitrogen and oxygen atoms in total. The zero-order valence-electron chi connectivity index (χ0n) is 13.3. The monoisotopic (exact) mass is 351 g/mol. The molecule has 0 radical (unpaired) electrons. The first-order chi connectivity index (χ1) is 9.92. The van der Waals surface area contributed by atoms with Gasteiger partial charge in [0.2, 0.25) is 0 Å². The Bertz CT molecular complexity index is 504. The summed E-state index contributed by atoms with van der Waals surface area (Å²) in [7, 11) is 0. The van der Waals surface area contributed by atoms with Crippen molar-refractivity contribution in [2.24, 2.45) is 11.3 Å². The molecule has 3 heteroatoms. The molecule has 0 atom stereocenters. The number of nitrogens with one attached hydrogen (secondary N) is 1.